The maximum Gasteiger partial charge on any atom is 0.200 e. The minimum absolute atomic E-state index is 0.677. The van der Waals surface area contributed by atoms with Crippen molar-refractivity contribution >= 4 is 16.6 Å². The van der Waals surface area contributed by atoms with E-state index in [-0.39, 0.29) is 0 Å². The van der Waals surface area contributed by atoms with Gasteiger partial charge >= 0.3 is 0 Å². The van der Waals surface area contributed by atoms with Crippen LogP contribution in [0.15, 0.2) is 18.2 Å². The fraction of sp³-hybridized carbons (Fsp3) is 0.878. The van der Waals surface area contributed by atoms with Crippen LogP contribution in [-0.4, -0.2) is 49.6 Å². The largest absolute Gasteiger partial charge is 0.493 e. The molecule has 0 aliphatic carbocycles. The van der Waals surface area contributed by atoms with Crippen molar-refractivity contribution in [3.8, 4) is 11.5 Å². The molecule has 0 aliphatic heterocycles. The maximum absolute atomic E-state index is 6.74. The number of ether oxygens (including phenoxy) is 2. The van der Waals surface area contributed by atoms with E-state index in [0.717, 1.165) is 63.9 Å². The molecule has 0 bridgehead atoms. The molecule has 0 radical (unpaired) electrons. The molecule has 1 aromatic carbocycles. The summed E-state index contributed by atoms with van der Waals surface area (Å²) >= 11 is 0. The smallest absolute Gasteiger partial charge is 0.200 e. The number of nitrogens with one attached hydrogen (secondary N) is 1. The Morgan fingerprint density at radius 1 is 0.429 bits per heavy atom. The third kappa shape index (κ3) is 19.5. The molecule has 0 saturated carbocycles. The highest BCUT2D eigenvalue weighted by Crippen LogP contribution is 2.43. The predicted molar refractivity (Wildman–Crippen MR) is 252 cm³/mol. The summed E-state index contributed by atoms with van der Waals surface area (Å²) in [7, 11) is -3.41. The van der Waals surface area contributed by atoms with Gasteiger partial charge in [0.05, 0.1) is 13.2 Å². The molecule has 7 heteroatoms. The lowest BCUT2D eigenvalue weighted by molar-refractivity contribution is 0.267. The molecule has 0 spiro atoms. The standard InChI is InChI=1S/C49H97NO4Si2/c1-14-50-40-47-33-34-48(51-35-29-25-21-17-15-19-23-27-31-37-53-55(41(2)3,42(4)5)43(6)7)39-49(47)52-36-30-26-22-18-16-20-24-28-32-38-54-56(44(8)9,45(10)11)46(12)13/h33-34,39,41-46,50H,14-32,35-38,40H2,1-13H3. The fourth-order valence-electron chi connectivity index (χ4n) is 9.92. The molecule has 1 N–H and O–H groups in total. The molecule has 0 heterocycles. The van der Waals surface area contributed by atoms with E-state index in [1.54, 1.807) is 0 Å². The van der Waals surface area contributed by atoms with E-state index >= 15 is 0 Å². The van der Waals surface area contributed by atoms with Crippen molar-refractivity contribution < 1.29 is 18.3 Å². The van der Waals surface area contributed by atoms with E-state index in [1.165, 1.54) is 108 Å². The molecule has 0 saturated heterocycles. The van der Waals surface area contributed by atoms with Gasteiger partial charge in [-0.1, -0.05) is 186 Å². The molecule has 0 aromatic heterocycles. The summed E-state index contributed by atoms with van der Waals surface area (Å²) in [6.07, 6.45) is 23.1. The second kappa shape index (κ2) is 31.1. The van der Waals surface area contributed by atoms with Crippen molar-refractivity contribution in [2.24, 2.45) is 0 Å². The Bertz CT molecular complexity index is 1030. The van der Waals surface area contributed by atoms with Gasteiger partial charge in [0.2, 0.25) is 0 Å². The summed E-state index contributed by atoms with van der Waals surface area (Å²) < 4.78 is 26.0. The Morgan fingerprint density at radius 3 is 1.09 bits per heavy atom. The van der Waals surface area contributed by atoms with Gasteiger partial charge in [0.25, 0.3) is 0 Å². The minimum Gasteiger partial charge on any atom is -0.493 e. The highest BCUT2D eigenvalue weighted by atomic mass is 28.4. The first-order valence-corrected chi connectivity index (χ1v) is 28.4. The quantitative estimate of drug-likeness (QED) is 0.0535. The van der Waals surface area contributed by atoms with Gasteiger partial charge in [-0.05, 0) is 71.5 Å². The van der Waals surface area contributed by atoms with Crippen LogP contribution in [-0.2, 0) is 15.4 Å². The number of benzene rings is 1. The molecular formula is C49H97NO4Si2. The summed E-state index contributed by atoms with van der Waals surface area (Å²) in [5.74, 6) is 1.92. The summed E-state index contributed by atoms with van der Waals surface area (Å²) in [6.45, 7) is 36.0. The van der Waals surface area contributed by atoms with Gasteiger partial charge in [-0.2, -0.15) is 0 Å². The molecule has 0 atom stereocenters. The molecule has 1 aromatic rings. The zero-order valence-corrected chi connectivity index (χ0v) is 41.8. The Balaban J connectivity index is 2.20. The molecular weight excluding hydrogens is 723 g/mol. The second-order valence-electron chi connectivity index (χ2n) is 18.9. The van der Waals surface area contributed by atoms with Crippen molar-refractivity contribution in [2.75, 3.05) is 33.0 Å². The maximum atomic E-state index is 6.74. The van der Waals surface area contributed by atoms with Crippen molar-refractivity contribution in [2.45, 2.75) is 245 Å². The van der Waals surface area contributed by atoms with Crippen LogP contribution >= 0.6 is 0 Å². The molecule has 0 amide bonds. The third-order valence-electron chi connectivity index (χ3n) is 12.8. The van der Waals surface area contributed by atoms with E-state index in [0.29, 0.717) is 33.2 Å². The first-order valence-electron chi connectivity index (χ1n) is 24.1. The fourth-order valence-corrected chi connectivity index (χ4v) is 20.9. The van der Waals surface area contributed by atoms with Crippen LogP contribution < -0.4 is 14.8 Å². The topological polar surface area (TPSA) is 49.0 Å². The normalized spacial score (nSPS) is 12.8. The van der Waals surface area contributed by atoms with E-state index < -0.39 is 16.6 Å². The van der Waals surface area contributed by atoms with Crippen LogP contribution in [0.5, 0.6) is 11.5 Å². The Hall–Kier alpha value is -0.866. The van der Waals surface area contributed by atoms with Crippen LogP contribution in [0.1, 0.15) is 211 Å². The van der Waals surface area contributed by atoms with E-state index in [1.807, 2.05) is 0 Å². The Labute approximate surface area is 352 Å². The minimum atomic E-state index is -1.71. The average Bonchev–Trinajstić information content (AvgIpc) is 3.13. The van der Waals surface area contributed by atoms with Crippen LogP contribution in [0, 0.1) is 0 Å². The molecule has 0 aliphatic rings. The molecule has 1 rings (SSSR count). The third-order valence-corrected chi connectivity index (χ3v) is 25.1. The summed E-state index contributed by atoms with van der Waals surface area (Å²) in [5.41, 5.74) is 5.29. The van der Waals surface area contributed by atoms with E-state index in [4.69, 9.17) is 18.3 Å². The number of hydrogen-bond donors (Lipinski definition) is 1. The highest BCUT2D eigenvalue weighted by molar-refractivity contribution is 6.78. The SMILES string of the molecule is CCNCc1ccc(OCCCCCCCCCCCO[Si](C(C)C)(C(C)C)C(C)C)cc1OCCCCCCCCCCCO[Si](C(C)C)(C(C)C)C(C)C. The van der Waals surface area contributed by atoms with E-state index in [9.17, 15) is 0 Å². The van der Waals surface area contributed by atoms with Crippen molar-refractivity contribution in [3.05, 3.63) is 23.8 Å². The lowest BCUT2D eigenvalue weighted by Crippen LogP contribution is -2.47. The zero-order valence-electron chi connectivity index (χ0n) is 39.8. The van der Waals surface area contributed by atoms with Crippen LogP contribution in [0.4, 0.5) is 0 Å². The Morgan fingerprint density at radius 2 is 0.750 bits per heavy atom. The number of rotatable bonds is 37. The van der Waals surface area contributed by atoms with Gasteiger partial charge in [0.1, 0.15) is 11.5 Å². The lowest BCUT2D eigenvalue weighted by atomic mass is 10.1. The van der Waals surface area contributed by atoms with Crippen molar-refractivity contribution in [1.29, 1.82) is 0 Å². The molecule has 56 heavy (non-hydrogen) atoms. The predicted octanol–water partition coefficient (Wildman–Crippen LogP) is 16.0. The van der Waals surface area contributed by atoms with Crippen LogP contribution in [0.2, 0.25) is 33.2 Å². The zero-order chi connectivity index (χ0) is 41.8. The summed E-state index contributed by atoms with van der Waals surface area (Å²) in [4.78, 5) is 0. The van der Waals surface area contributed by atoms with Crippen molar-refractivity contribution in [1.82, 2.24) is 5.32 Å². The van der Waals surface area contributed by atoms with Crippen LogP contribution in [0.25, 0.3) is 0 Å². The first kappa shape index (κ1) is 53.2. The highest BCUT2D eigenvalue weighted by Gasteiger charge is 2.45. The van der Waals surface area contributed by atoms with Gasteiger partial charge in [-0.3, -0.25) is 0 Å². The van der Waals surface area contributed by atoms with Gasteiger partial charge in [0, 0.05) is 31.4 Å². The van der Waals surface area contributed by atoms with Crippen LogP contribution in [0.3, 0.4) is 0 Å². The van der Waals surface area contributed by atoms with Gasteiger partial charge in [0.15, 0.2) is 16.6 Å². The van der Waals surface area contributed by atoms with Gasteiger partial charge in [-0.15, -0.1) is 0 Å². The van der Waals surface area contributed by atoms with Gasteiger partial charge < -0.3 is 23.6 Å². The molecule has 0 fully saturated rings. The first-order chi connectivity index (χ1) is 26.8. The average molecular weight is 820 g/mol. The summed E-state index contributed by atoms with van der Waals surface area (Å²) in [6, 6.07) is 6.42. The number of unbranched alkanes of at least 4 members (excludes halogenated alkanes) is 16. The molecule has 5 nitrogen and oxygen atoms in total. The second-order valence-corrected chi connectivity index (χ2v) is 29.9. The summed E-state index contributed by atoms with van der Waals surface area (Å²) in [5, 5.41) is 3.47. The number of hydrogen-bond acceptors (Lipinski definition) is 5. The molecule has 330 valence electrons. The lowest BCUT2D eigenvalue weighted by Gasteiger charge is -2.42. The molecule has 0 unspecified atom stereocenters. The van der Waals surface area contributed by atoms with E-state index in [2.05, 4.69) is 114 Å². The Kier molecular flexibility index (Phi) is 29.5. The van der Waals surface area contributed by atoms with Gasteiger partial charge in [-0.25, -0.2) is 0 Å². The van der Waals surface area contributed by atoms with Crippen molar-refractivity contribution in [3.63, 3.8) is 0 Å². The monoisotopic (exact) mass is 820 g/mol.